The minimum Gasteiger partial charge on any atom is -0.618 e. The Morgan fingerprint density at radius 2 is 1.78 bits per heavy atom. The van der Waals surface area contributed by atoms with E-state index in [4.69, 9.17) is 4.74 Å². The smallest absolute Gasteiger partial charge is 0.246 e. The first-order chi connectivity index (χ1) is 17.7. The number of carbonyl (C=O) groups excluding carboxylic acids is 2. The molecule has 2 aliphatic rings. The number of likely N-dealkylation sites (tertiary alicyclic amines) is 1. The quantitative estimate of drug-likeness (QED) is 0.410. The van der Waals surface area contributed by atoms with Crippen LogP contribution in [0.15, 0.2) is 42.6 Å². The van der Waals surface area contributed by atoms with Gasteiger partial charge in [-0.2, -0.15) is 4.73 Å². The number of nitrogens with one attached hydrogen (secondary N) is 1. The third-order valence-electron chi connectivity index (χ3n) is 7.58. The van der Waals surface area contributed by atoms with Crippen LogP contribution in [-0.4, -0.2) is 52.8 Å². The first-order valence-electron chi connectivity index (χ1n) is 13.5. The molecule has 0 radical (unpaired) electrons. The molecular formula is C29H40N4O4. The van der Waals surface area contributed by atoms with Gasteiger partial charge in [0.2, 0.25) is 18.0 Å². The zero-order valence-electron chi connectivity index (χ0n) is 22.5. The lowest BCUT2D eigenvalue weighted by Crippen LogP contribution is -2.73. The van der Waals surface area contributed by atoms with Gasteiger partial charge in [0.15, 0.2) is 11.4 Å². The minimum atomic E-state index is -0.736. The number of piperazine rings is 1. The van der Waals surface area contributed by atoms with E-state index in [2.05, 4.69) is 31.0 Å². The van der Waals surface area contributed by atoms with Crippen LogP contribution in [0, 0.1) is 18.0 Å². The summed E-state index contributed by atoms with van der Waals surface area (Å²) in [6.45, 7) is 11.0. The van der Waals surface area contributed by atoms with Gasteiger partial charge in [0.25, 0.3) is 0 Å². The van der Waals surface area contributed by atoms with Crippen molar-refractivity contribution in [1.82, 2.24) is 15.1 Å². The number of carbonyl (C=O) groups is 2. The maximum absolute atomic E-state index is 13.4. The number of amides is 2. The Morgan fingerprint density at radius 1 is 1.11 bits per heavy atom. The van der Waals surface area contributed by atoms with Crippen LogP contribution in [0.4, 0.5) is 0 Å². The highest BCUT2D eigenvalue weighted by molar-refractivity contribution is 6.00. The number of piperidine rings is 1. The number of nitrogens with zero attached hydrogens (tertiary/aromatic N) is 3. The molecule has 2 fully saturated rings. The Labute approximate surface area is 220 Å². The first-order valence-corrected chi connectivity index (χ1v) is 13.5. The second-order valence-electron chi connectivity index (χ2n) is 10.9. The van der Waals surface area contributed by atoms with Crippen molar-refractivity contribution >= 4 is 11.8 Å². The van der Waals surface area contributed by atoms with Gasteiger partial charge in [0, 0.05) is 39.2 Å². The van der Waals surface area contributed by atoms with Crippen molar-refractivity contribution < 1.29 is 19.1 Å². The maximum Gasteiger partial charge on any atom is 0.246 e. The van der Waals surface area contributed by atoms with Crippen LogP contribution in [0.1, 0.15) is 64.1 Å². The number of ether oxygens (including phenoxy) is 1. The van der Waals surface area contributed by atoms with E-state index in [1.54, 1.807) is 19.1 Å². The van der Waals surface area contributed by atoms with Crippen molar-refractivity contribution in [2.24, 2.45) is 5.92 Å². The van der Waals surface area contributed by atoms with Crippen LogP contribution in [0.5, 0.6) is 11.5 Å². The van der Waals surface area contributed by atoms with Crippen molar-refractivity contribution in [1.29, 1.82) is 0 Å². The third-order valence-corrected chi connectivity index (χ3v) is 7.58. The summed E-state index contributed by atoms with van der Waals surface area (Å²) in [5.41, 5.74) is 1.03. The molecule has 1 aromatic heterocycles. The lowest BCUT2D eigenvalue weighted by atomic mass is 9.80. The van der Waals surface area contributed by atoms with E-state index in [1.165, 1.54) is 6.20 Å². The van der Waals surface area contributed by atoms with Gasteiger partial charge in [-0.3, -0.25) is 14.5 Å². The fourth-order valence-electron chi connectivity index (χ4n) is 5.38. The topological polar surface area (TPSA) is 88.8 Å². The van der Waals surface area contributed by atoms with Gasteiger partial charge in [0.1, 0.15) is 17.3 Å². The van der Waals surface area contributed by atoms with Gasteiger partial charge in [-0.15, -0.1) is 0 Å². The summed E-state index contributed by atoms with van der Waals surface area (Å²) >= 11 is 0. The summed E-state index contributed by atoms with van der Waals surface area (Å²) < 4.78 is 6.61. The molecule has 0 saturated carbocycles. The normalized spacial score (nSPS) is 19.9. The molecule has 1 N–H and O–H groups in total. The van der Waals surface area contributed by atoms with Gasteiger partial charge in [-0.05, 0) is 55.4 Å². The molecule has 0 aliphatic carbocycles. The largest absolute Gasteiger partial charge is 0.618 e. The molecule has 1 unspecified atom stereocenters. The number of hydrogen-bond donors (Lipinski definition) is 1. The highest BCUT2D eigenvalue weighted by Crippen LogP contribution is 2.35. The molecule has 8 nitrogen and oxygen atoms in total. The zero-order chi connectivity index (χ0) is 26.6. The van der Waals surface area contributed by atoms with Crippen LogP contribution in [0.3, 0.4) is 0 Å². The van der Waals surface area contributed by atoms with Crippen LogP contribution in [-0.2, 0) is 16.1 Å². The fourth-order valence-corrected chi connectivity index (χ4v) is 5.38. The Morgan fingerprint density at radius 3 is 2.41 bits per heavy atom. The predicted molar refractivity (Wildman–Crippen MR) is 142 cm³/mol. The van der Waals surface area contributed by atoms with Crippen molar-refractivity contribution in [3.8, 4) is 11.5 Å². The van der Waals surface area contributed by atoms with E-state index in [0.717, 1.165) is 42.8 Å². The van der Waals surface area contributed by atoms with Crippen LogP contribution in [0.2, 0.25) is 0 Å². The van der Waals surface area contributed by atoms with E-state index >= 15 is 0 Å². The number of aromatic nitrogens is 1. The number of rotatable bonds is 9. The molecule has 4 rings (SSSR count). The van der Waals surface area contributed by atoms with E-state index in [0.29, 0.717) is 48.9 Å². The minimum absolute atomic E-state index is 0.0190. The van der Waals surface area contributed by atoms with Crippen molar-refractivity contribution in [3.63, 3.8) is 0 Å². The summed E-state index contributed by atoms with van der Waals surface area (Å²) in [6, 6.07) is 11.0. The van der Waals surface area contributed by atoms with Gasteiger partial charge in [-0.1, -0.05) is 39.3 Å². The van der Waals surface area contributed by atoms with E-state index in [9.17, 15) is 14.8 Å². The third kappa shape index (κ3) is 6.06. The molecule has 2 amide bonds. The Hall–Kier alpha value is -3.13. The van der Waals surface area contributed by atoms with E-state index in [-0.39, 0.29) is 11.8 Å². The first kappa shape index (κ1) is 26.9. The average Bonchev–Trinajstić information content (AvgIpc) is 2.87. The Balaban J connectivity index is 1.38. The zero-order valence-corrected chi connectivity index (χ0v) is 22.5. The van der Waals surface area contributed by atoms with Crippen LogP contribution < -0.4 is 14.8 Å². The Bertz CT molecular complexity index is 1090. The maximum atomic E-state index is 13.4. The molecule has 2 aliphatic heterocycles. The molecule has 1 aromatic carbocycles. The molecular weight excluding hydrogens is 468 g/mol. The van der Waals surface area contributed by atoms with Crippen molar-refractivity contribution in [3.05, 3.63) is 59.1 Å². The summed E-state index contributed by atoms with van der Waals surface area (Å²) in [5.74, 6) is 1.62. The van der Waals surface area contributed by atoms with E-state index < -0.39 is 11.6 Å². The predicted octanol–water partition coefficient (Wildman–Crippen LogP) is 3.93. The van der Waals surface area contributed by atoms with Gasteiger partial charge in [-0.25, -0.2) is 0 Å². The molecule has 1 spiro atoms. The second kappa shape index (κ2) is 11.5. The van der Waals surface area contributed by atoms with Crippen molar-refractivity contribution in [2.75, 3.05) is 19.6 Å². The number of benzene rings is 1. The highest BCUT2D eigenvalue weighted by Gasteiger charge is 2.53. The average molecular weight is 509 g/mol. The Kier molecular flexibility index (Phi) is 8.37. The monoisotopic (exact) mass is 508 g/mol. The van der Waals surface area contributed by atoms with Crippen molar-refractivity contribution in [2.45, 2.75) is 77.9 Å². The number of unbranched alkanes of at least 4 members (excludes halogenated alkanes) is 1. The molecule has 200 valence electrons. The lowest BCUT2D eigenvalue weighted by Gasteiger charge is -2.52. The highest BCUT2D eigenvalue weighted by atomic mass is 16.5. The molecule has 8 heteroatoms. The summed E-state index contributed by atoms with van der Waals surface area (Å²) in [7, 11) is 0. The summed E-state index contributed by atoms with van der Waals surface area (Å²) in [5, 5.41) is 14.8. The van der Waals surface area contributed by atoms with Gasteiger partial charge in [0.05, 0.1) is 0 Å². The number of pyridine rings is 1. The molecule has 2 saturated heterocycles. The molecule has 0 bridgehead atoms. The standard InChI is InChI=1S/C29H40N4O4/c1-5-6-15-32-27(34)26(18-21(2)3)30-28(35)29(32)13-16-31(17-14-29)19-23-8-11-24(12-9-23)37-25-10-7-22(4)33(36)20-25/h7-12,20-21,26H,5-6,13-19H2,1-4H3,(H,30,35). The summed E-state index contributed by atoms with van der Waals surface area (Å²) in [4.78, 5) is 31.1. The molecule has 37 heavy (non-hydrogen) atoms. The fraction of sp³-hybridized carbons (Fsp3) is 0.552. The van der Waals surface area contributed by atoms with Gasteiger partial charge < -0.3 is 20.2 Å². The lowest BCUT2D eigenvalue weighted by molar-refractivity contribution is -0.612. The number of aryl methyl sites for hydroxylation is 1. The van der Waals surface area contributed by atoms with Crippen LogP contribution in [0.25, 0.3) is 0 Å². The number of hydrogen-bond acceptors (Lipinski definition) is 5. The van der Waals surface area contributed by atoms with E-state index in [1.807, 2.05) is 29.2 Å². The van der Waals surface area contributed by atoms with Crippen LogP contribution >= 0.6 is 0 Å². The SMILES string of the molecule is CCCCN1C(=O)C(CC(C)C)NC(=O)C12CCN(Cc1ccc(Oc3ccc(C)[n+]([O-])c3)cc1)CC2. The summed E-state index contributed by atoms with van der Waals surface area (Å²) in [6.07, 6.45) is 5.29. The second-order valence-corrected chi connectivity index (χ2v) is 10.9. The molecule has 1 atom stereocenters. The molecule has 3 heterocycles. The van der Waals surface area contributed by atoms with Gasteiger partial charge >= 0.3 is 0 Å². The molecule has 2 aromatic rings.